The molecule has 1 aliphatic carbocycles. The maximum Gasteiger partial charge on any atom is 0.226 e. The number of carbonyl (C=O) groups excluding carboxylic acids is 2. The van der Waals surface area contributed by atoms with E-state index in [1.807, 2.05) is 18.0 Å². The Labute approximate surface area is 144 Å². The lowest BCUT2D eigenvalue weighted by atomic mass is 10.2. The summed E-state index contributed by atoms with van der Waals surface area (Å²) in [5.74, 6) is 0.0190. The molecule has 1 aromatic rings. The summed E-state index contributed by atoms with van der Waals surface area (Å²) in [6, 6.07) is 10.7. The standard InChI is InChI=1S/C19H27N3O2/c1-20(2)18(23)16-11-17(16)19(24)21(3)15-9-10-22(13-15)12-14-7-5-4-6-8-14/h4-8,15-17H,9-13H2,1-3H3/t15?,16-,17+/m1/s1. The molecule has 3 rings (SSSR count). The third-order valence-corrected chi connectivity index (χ3v) is 5.26. The van der Waals surface area contributed by atoms with Crippen molar-refractivity contribution < 1.29 is 9.59 Å². The van der Waals surface area contributed by atoms with Gasteiger partial charge < -0.3 is 9.80 Å². The minimum atomic E-state index is -0.104. The second kappa shape index (κ2) is 6.93. The first-order valence-electron chi connectivity index (χ1n) is 8.71. The SMILES string of the molecule is CN(C)C(=O)[C@@H]1C[C@@H]1C(=O)N(C)C1CCN(Cc2ccccc2)C1. The number of rotatable bonds is 5. The first-order valence-corrected chi connectivity index (χ1v) is 8.71. The van der Waals surface area contributed by atoms with Crippen LogP contribution in [0.1, 0.15) is 18.4 Å². The van der Waals surface area contributed by atoms with Gasteiger partial charge in [-0.25, -0.2) is 0 Å². The van der Waals surface area contributed by atoms with Crippen LogP contribution in [0.2, 0.25) is 0 Å². The van der Waals surface area contributed by atoms with E-state index in [9.17, 15) is 9.59 Å². The molecule has 2 fully saturated rings. The Balaban J connectivity index is 1.51. The maximum atomic E-state index is 12.6. The quantitative estimate of drug-likeness (QED) is 0.821. The number of carbonyl (C=O) groups is 2. The summed E-state index contributed by atoms with van der Waals surface area (Å²) in [5, 5.41) is 0. The second-order valence-corrected chi connectivity index (χ2v) is 7.29. The van der Waals surface area contributed by atoms with Crippen LogP contribution in [0.3, 0.4) is 0 Å². The third kappa shape index (κ3) is 3.61. The number of nitrogens with zero attached hydrogens (tertiary/aromatic N) is 3. The van der Waals surface area contributed by atoms with E-state index < -0.39 is 0 Å². The van der Waals surface area contributed by atoms with Gasteiger partial charge in [-0.2, -0.15) is 0 Å². The zero-order valence-corrected chi connectivity index (χ0v) is 14.8. The minimum Gasteiger partial charge on any atom is -0.349 e. The second-order valence-electron chi connectivity index (χ2n) is 7.29. The normalized spacial score (nSPS) is 26.2. The summed E-state index contributed by atoms with van der Waals surface area (Å²) in [6.45, 7) is 2.86. The van der Waals surface area contributed by atoms with Crippen molar-refractivity contribution in [1.82, 2.24) is 14.7 Å². The summed E-state index contributed by atoms with van der Waals surface area (Å²) < 4.78 is 0. The summed E-state index contributed by atoms with van der Waals surface area (Å²) in [4.78, 5) is 30.5. The third-order valence-electron chi connectivity index (χ3n) is 5.26. The van der Waals surface area contributed by atoms with Crippen molar-refractivity contribution in [2.75, 3.05) is 34.2 Å². The molecule has 0 N–H and O–H groups in total. The highest BCUT2D eigenvalue weighted by molar-refractivity contribution is 5.92. The molecule has 2 aliphatic rings. The fraction of sp³-hybridized carbons (Fsp3) is 0.579. The van der Waals surface area contributed by atoms with Crippen LogP contribution in [0.15, 0.2) is 30.3 Å². The molecule has 2 amide bonds. The van der Waals surface area contributed by atoms with E-state index in [1.54, 1.807) is 19.0 Å². The average molecular weight is 329 g/mol. The zero-order chi connectivity index (χ0) is 17.3. The lowest BCUT2D eigenvalue weighted by molar-refractivity contribution is -0.137. The van der Waals surface area contributed by atoms with Gasteiger partial charge in [0.1, 0.15) is 0 Å². The monoisotopic (exact) mass is 329 g/mol. The molecule has 1 aliphatic heterocycles. The fourth-order valence-corrected chi connectivity index (χ4v) is 3.63. The first kappa shape index (κ1) is 17.0. The van der Waals surface area contributed by atoms with Gasteiger partial charge in [0.15, 0.2) is 0 Å². The molecule has 5 nitrogen and oxygen atoms in total. The lowest BCUT2D eigenvalue weighted by Crippen LogP contribution is -2.40. The van der Waals surface area contributed by atoms with Crippen molar-refractivity contribution in [3.63, 3.8) is 0 Å². The number of likely N-dealkylation sites (N-methyl/N-ethyl adjacent to an activating group) is 1. The van der Waals surface area contributed by atoms with Gasteiger partial charge in [-0.05, 0) is 18.4 Å². The van der Waals surface area contributed by atoms with Crippen molar-refractivity contribution in [1.29, 1.82) is 0 Å². The Morgan fingerprint density at radius 3 is 2.42 bits per heavy atom. The van der Waals surface area contributed by atoms with Gasteiger partial charge in [0, 0.05) is 46.8 Å². The fourth-order valence-electron chi connectivity index (χ4n) is 3.63. The van der Waals surface area contributed by atoms with E-state index in [4.69, 9.17) is 0 Å². The van der Waals surface area contributed by atoms with Crippen molar-refractivity contribution >= 4 is 11.8 Å². The maximum absolute atomic E-state index is 12.6. The number of hydrogen-bond donors (Lipinski definition) is 0. The van der Waals surface area contributed by atoms with Gasteiger partial charge in [-0.1, -0.05) is 30.3 Å². The molecule has 1 unspecified atom stereocenters. The molecule has 1 saturated carbocycles. The van der Waals surface area contributed by atoms with Crippen LogP contribution in [0.4, 0.5) is 0 Å². The Bertz CT molecular complexity index is 602. The highest BCUT2D eigenvalue weighted by Crippen LogP contribution is 2.41. The topological polar surface area (TPSA) is 43.9 Å². The van der Waals surface area contributed by atoms with E-state index in [1.165, 1.54) is 5.56 Å². The molecule has 0 spiro atoms. The Morgan fingerprint density at radius 2 is 1.75 bits per heavy atom. The van der Waals surface area contributed by atoms with Gasteiger partial charge in [-0.15, -0.1) is 0 Å². The van der Waals surface area contributed by atoms with Crippen LogP contribution in [0.5, 0.6) is 0 Å². The van der Waals surface area contributed by atoms with Crippen LogP contribution in [-0.4, -0.2) is 66.8 Å². The summed E-state index contributed by atoms with van der Waals surface area (Å²) >= 11 is 0. The summed E-state index contributed by atoms with van der Waals surface area (Å²) in [7, 11) is 5.41. The molecule has 0 radical (unpaired) electrons. The van der Waals surface area contributed by atoms with Crippen molar-refractivity contribution in [2.24, 2.45) is 11.8 Å². The average Bonchev–Trinajstić information content (AvgIpc) is 3.25. The van der Waals surface area contributed by atoms with Crippen molar-refractivity contribution in [3.05, 3.63) is 35.9 Å². The molecular weight excluding hydrogens is 302 g/mol. The zero-order valence-electron chi connectivity index (χ0n) is 14.8. The molecule has 0 bridgehead atoms. The Hall–Kier alpha value is -1.88. The van der Waals surface area contributed by atoms with Gasteiger partial charge in [-0.3, -0.25) is 14.5 Å². The molecule has 24 heavy (non-hydrogen) atoms. The van der Waals surface area contributed by atoms with Gasteiger partial charge in [0.25, 0.3) is 0 Å². The molecule has 1 saturated heterocycles. The van der Waals surface area contributed by atoms with Crippen LogP contribution < -0.4 is 0 Å². The van der Waals surface area contributed by atoms with Crippen LogP contribution in [0.25, 0.3) is 0 Å². The van der Waals surface area contributed by atoms with E-state index in [-0.39, 0.29) is 29.7 Å². The number of likely N-dealkylation sites (tertiary alicyclic amines) is 1. The summed E-state index contributed by atoms with van der Waals surface area (Å²) in [6.07, 6.45) is 1.72. The Morgan fingerprint density at radius 1 is 1.08 bits per heavy atom. The first-order chi connectivity index (χ1) is 11.5. The van der Waals surface area contributed by atoms with Crippen LogP contribution in [-0.2, 0) is 16.1 Å². The minimum absolute atomic E-state index is 0.0823. The summed E-state index contributed by atoms with van der Waals surface area (Å²) in [5.41, 5.74) is 1.31. The largest absolute Gasteiger partial charge is 0.349 e. The van der Waals surface area contributed by atoms with Gasteiger partial charge in [0.05, 0.1) is 11.8 Å². The van der Waals surface area contributed by atoms with E-state index in [2.05, 4.69) is 29.2 Å². The smallest absolute Gasteiger partial charge is 0.226 e. The molecule has 0 aromatic heterocycles. The molecule has 3 atom stereocenters. The lowest BCUT2D eigenvalue weighted by Gasteiger charge is -2.25. The predicted molar refractivity (Wildman–Crippen MR) is 93.2 cm³/mol. The van der Waals surface area contributed by atoms with Crippen molar-refractivity contribution in [2.45, 2.75) is 25.4 Å². The molecule has 1 aromatic carbocycles. The Kier molecular flexibility index (Phi) is 4.90. The molecule has 130 valence electrons. The number of hydrogen-bond acceptors (Lipinski definition) is 3. The van der Waals surface area contributed by atoms with Gasteiger partial charge >= 0.3 is 0 Å². The highest BCUT2D eigenvalue weighted by Gasteiger charge is 2.50. The van der Waals surface area contributed by atoms with Crippen LogP contribution in [0, 0.1) is 11.8 Å². The highest BCUT2D eigenvalue weighted by atomic mass is 16.2. The predicted octanol–water partition coefficient (Wildman–Crippen LogP) is 1.44. The molecular formula is C19H27N3O2. The number of benzene rings is 1. The van der Waals surface area contributed by atoms with Crippen molar-refractivity contribution in [3.8, 4) is 0 Å². The molecule has 1 heterocycles. The number of amides is 2. The van der Waals surface area contributed by atoms with Gasteiger partial charge in [0.2, 0.25) is 11.8 Å². The van der Waals surface area contributed by atoms with Crippen LogP contribution >= 0.6 is 0 Å². The van der Waals surface area contributed by atoms with E-state index in [0.29, 0.717) is 6.42 Å². The molecule has 5 heteroatoms. The van der Waals surface area contributed by atoms with E-state index >= 15 is 0 Å². The van der Waals surface area contributed by atoms with E-state index in [0.717, 1.165) is 26.1 Å².